The van der Waals surface area contributed by atoms with Crippen molar-refractivity contribution in [1.82, 2.24) is 5.32 Å². The summed E-state index contributed by atoms with van der Waals surface area (Å²) in [6.07, 6.45) is 0. The molecule has 2 N–H and O–H groups in total. The van der Waals surface area contributed by atoms with E-state index >= 15 is 0 Å². The third-order valence-corrected chi connectivity index (χ3v) is 6.87. The number of nitrogens with one attached hydrogen (secondary N) is 2. The number of carbonyl (C=O) groups excluding carboxylic acids is 1. The van der Waals surface area contributed by atoms with Crippen LogP contribution in [0.4, 0.5) is 5.69 Å². The van der Waals surface area contributed by atoms with Crippen LogP contribution in [0.5, 0.6) is 5.75 Å². The first-order valence-corrected chi connectivity index (χ1v) is 12.3. The Kier molecular flexibility index (Phi) is 7.60. The Balaban J connectivity index is 1.66. The summed E-state index contributed by atoms with van der Waals surface area (Å²) in [5.74, 6) is 1.23. The highest BCUT2D eigenvalue weighted by atomic mass is 35.5. The maximum atomic E-state index is 13.4. The second-order valence-corrected chi connectivity index (χ2v) is 9.30. The molecular formula is C27H26ClN3O2S. The van der Waals surface area contributed by atoms with E-state index in [4.69, 9.17) is 21.3 Å². The Morgan fingerprint density at radius 1 is 1.09 bits per heavy atom. The number of hydrogen-bond donors (Lipinski definition) is 2. The van der Waals surface area contributed by atoms with Crippen LogP contribution in [-0.2, 0) is 10.5 Å². The van der Waals surface area contributed by atoms with Gasteiger partial charge in [0.1, 0.15) is 11.8 Å². The van der Waals surface area contributed by atoms with Crippen LogP contribution in [0.25, 0.3) is 0 Å². The van der Waals surface area contributed by atoms with Crippen molar-refractivity contribution < 1.29 is 9.53 Å². The van der Waals surface area contributed by atoms with E-state index in [0.717, 1.165) is 44.0 Å². The Labute approximate surface area is 209 Å². The largest absolute Gasteiger partial charge is 0.496 e. The van der Waals surface area contributed by atoms with E-state index in [1.807, 2.05) is 86.6 Å². The van der Waals surface area contributed by atoms with Gasteiger partial charge in [-0.1, -0.05) is 71.9 Å². The molecule has 1 heterocycles. The maximum absolute atomic E-state index is 13.4. The zero-order valence-electron chi connectivity index (χ0n) is 19.3. The molecule has 0 aliphatic carbocycles. The van der Waals surface area contributed by atoms with Crippen molar-refractivity contribution in [3.63, 3.8) is 0 Å². The number of hydrogen-bond acceptors (Lipinski definition) is 5. The summed E-state index contributed by atoms with van der Waals surface area (Å²) < 4.78 is 5.54. The molecule has 174 valence electrons. The number of para-hydroxylation sites is 1. The van der Waals surface area contributed by atoms with Crippen molar-refractivity contribution in [2.75, 3.05) is 12.4 Å². The van der Waals surface area contributed by atoms with E-state index in [1.54, 1.807) is 18.9 Å². The number of nitrogens with zero attached hydrogens (tertiary/aromatic N) is 1. The summed E-state index contributed by atoms with van der Waals surface area (Å²) in [4.78, 5) is 18.3. The molecule has 0 radical (unpaired) electrons. The molecule has 34 heavy (non-hydrogen) atoms. The van der Waals surface area contributed by atoms with Crippen molar-refractivity contribution in [2.24, 2.45) is 4.99 Å². The highest BCUT2D eigenvalue weighted by Crippen LogP contribution is 2.36. The molecule has 0 bridgehead atoms. The first kappa shape index (κ1) is 23.9. The Hall–Kier alpha value is -3.22. The number of carbonyl (C=O) groups is 1. The molecular weight excluding hydrogens is 466 g/mol. The molecule has 1 aliphatic rings. The van der Waals surface area contributed by atoms with E-state index in [9.17, 15) is 4.79 Å². The number of aryl methyl sites for hydroxylation is 1. The standard InChI is InChI=1S/C27H26ClN3O2S/c1-17-13-14-19(15-23(17)33-3)25-24(26(32)30-21-10-5-4-6-11-21)18(2)29-27(31-25)34-16-20-9-7-8-12-22(20)28/h4-15,25H,16H2,1-3H3,(H,29,31)(H,30,32)/t25-/m1/s1. The van der Waals surface area contributed by atoms with Gasteiger partial charge in [0.05, 0.1) is 12.7 Å². The number of halogens is 1. The predicted molar refractivity (Wildman–Crippen MR) is 142 cm³/mol. The van der Waals surface area contributed by atoms with Gasteiger partial charge in [0, 0.05) is 22.2 Å². The molecule has 0 spiro atoms. The average Bonchev–Trinajstić information content (AvgIpc) is 2.84. The molecule has 3 aromatic carbocycles. The number of methoxy groups -OCH3 is 1. The molecule has 1 amide bonds. The third-order valence-electron chi connectivity index (χ3n) is 5.56. The topological polar surface area (TPSA) is 62.7 Å². The van der Waals surface area contributed by atoms with Crippen LogP contribution >= 0.6 is 23.4 Å². The summed E-state index contributed by atoms with van der Waals surface area (Å²) in [6.45, 7) is 3.90. The molecule has 0 fully saturated rings. The van der Waals surface area contributed by atoms with Crippen LogP contribution in [0.3, 0.4) is 0 Å². The van der Waals surface area contributed by atoms with E-state index in [0.29, 0.717) is 11.3 Å². The summed E-state index contributed by atoms with van der Waals surface area (Å²) in [5.41, 5.74) is 5.00. The van der Waals surface area contributed by atoms with Gasteiger partial charge in [-0.15, -0.1) is 0 Å². The normalized spacial score (nSPS) is 15.4. The van der Waals surface area contributed by atoms with Gasteiger partial charge >= 0.3 is 0 Å². The molecule has 7 heteroatoms. The number of thioether (sulfide) groups is 1. The number of anilines is 1. The number of rotatable bonds is 6. The first-order chi connectivity index (χ1) is 16.5. The Morgan fingerprint density at radius 3 is 2.56 bits per heavy atom. The second-order valence-electron chi connectivity index (χ2n) is 7.93. The quantitative estimate of drug-likeness (QED) is 0.413. The minimum atomic E-state index is -0.479. The summed E-state index contributed by atoms with van der Waals surface area (Å²) in [5, 5.41) is 7.78. The molecule has 3 aromatic rings. The number of aliphatic imine (C=N–C) groups is 1. The fourth-order valence-electron chi connectivity index (χ4n) is 3.74. The van der Waals surface area contributed by atoms with Crippen molar-refractivity contribution in [3.8, 4) is 5.75 Å². The number of benzene rings is 3. The van der Waals surface area contributed by atoms with Crippen molar-refractivity contribution in [3.05, 3.63) is 106 Å². The third kappa shape index (κ3) is 5.46. The van der Waals surface area contributed by atoms with Gasteiger partial charge in [-0.25, -0.2) is 4.99 Å². The van der Waals surface area contributed by atoms with Crippen LogP contribution in [0, 0.1) is 6.92 Å². The number of amides is 1. The van der Waals surface area contributed by atoms with Crippen molar-refractivity contribution >= 4 is 40.1 Å². The smallest absolute Gasteiger partial charge is 0.255 e. The van der Waals surface area contributed by atoms with Crippen molar-refractivity contribution in [1.29, 1.82) is 0 Å². The van der Waals surface area contributed by atoms with Gasteiger partial charge in [-0.05, 0) is 54.8 Å². The first-order valence-electron chi connectivity index (χ1n) is 10.9. The van der Waals surface area contributed by atoms with Gasteiger partial charge in [0.25, 0.3) is 5.91 Å². The van der Waals surface area contributed by atoms with Crippen LogP contribution < -0.4 is 15.4 Å². The fraction of sp³-hybridized carbons (Fsp3) is 0.185. The van der Waals surface area contributed by atoms with Gasteiger partial charge in [0.2, 0.25) is 0 Å². The predicted octanol–water partition coefficient (Wildman–Crippen LogP) is 6.50. The van der Waals surface area contributed by atoms with E-state index in [1.165, 1.54) is 0 Å². The zero-order chi connectivity index (χ0) is 24.1. The monoisotopic (exact) mass is 491 g/mol. The summed E-state index contributed by atoms with van der Waals surface area (Å²) in [7, 11) is 1.65. The van der Waals surface area contributed by atoms with Crippen LogP contribution in [0.2, 0.25) is 5.02 Å². The molecule has 5 nitrogen and oxygen atoms in total. The van der Waals surface area contributed by atoms with E-state index in [2.05, 4.69) is 10.6 Å². The van der Waals surface area contributed by atoms with E-state index in [-0.39, 0.29) is 5.91 Å². The molecule has 0 unspecified atom stereocenters. The molecule has 0 saturated heterocycles. The van der Waals surface area contributed by atoms with Crippen LogP contribution in [0.15, 0.2) is 89.1 Å². The van der Waals surface area contributed by atoms with Gasteiger partial charge in [0.15, 0.2) is 5.17 Å². The molecule has 0 saturated carbocycles. The highest BCUT2D eigenvalue weighted by Gasteiger charge is 2.30. The Morgan fingerprint density at radius 2 is 1.82 bits per heavy atom. The van der Waals surface area contributed by atoms with E-state index < -0.39 is 6.04 Å². The molecule has 1 atom stereocenters. The summed E-state index contributed by atoms with van der Waals surface area (Å²) in [6, 6.07) is 22.6. The number of ether oxygens (including phenoxy) is 1. The van der Waals surface area contributed by atoms with Crippen molar-refractivity contribution in [2.45, 2.75) is 25.6 Å². The average molecular weight is 492 g/mol. The second kappa shape index (κ2) is 10.8. The van der Waals surface area contributed by atoms with Gasteiger partial charge in [-0.2, -0.15) is 0 Å². The lowest BCUT2D eigenvalue weighted by Crippen LogP contribution is -2.32. The minimum Gasteiger partial charge on any atom is -0.496 e. The lowest BCUT2D eigenvalue weighted by Gasteiger charge is -2.27. The van der Waals surface area contributed by atoms with Crippen LogP contribution in [-0.4, -0.2) is 18.2 Å². The molecule has 0 aromatic heterocycles. The van der Waals surface area contributed by atoms with Crippen LogP contribution in [0.1, 0.15) is 29.7 Å². The number of amidine groups is 1. The number of allylic oxidation sites excluding steroid dienone is 1. The minimum absolute atomic E-state index is 0.195. The van der Waals surface area contributed by atoms with Gasteiger partial charge < -0.3 is 15.4 Å². The zero-order valence-corrected chi connectivity index (χ0v) is 20.8. The lowest BCUT2D eigenvalue weighted by atomic mass is 9.94. The molecule has 1 aliphatic heterocycles. The Bertz CT molecular complexity index is 1260. The molecule has 4 rings (SSSR count). The van der Waals surface area contributed by atoms with Gasteiger partial charge in [-0.3, -0.25) is 4.79 Å². The highest BCUT2D eigenvalue weighted by molar-refractivity contribution is 8.13. The maximum Gasteiger partial charge on any atom is 0.255 e. The summed E-state index contributed by atoms with van der Waals surface area (Å²) >= 11 is 7.89. The fourth-order valence-corrected chi connectivity index (χ4v) is 4.98. The lowest BCUT2D eigenvalue weighted by molar-refractivity contribution is -0.113. The SMILES string of the molecule is COc1cc([C@H]2N=C(SCc3ccccc3Cl)NC(C)=C2C(=O)Nc2ccccc2)ccc1C.